The van der Waals surface area contributed by atoms with Crippen LogP contribution in [-0.2, 0) is 9.47 Å². The van der Waals surface area contributed by atoms with Crippen molar-refractivity contribution in [2.75, 3.05) is 7.11 Å². The lowest BCUT2D eigenvalue weighted by molar-refractivity contribution is -0.114. The molecule has 1 aliphatic rings. The molecule has 1 fully saturated rings. The summed E-state index contributed by atoms with van der Waals surface area (Å²) in [5.41, 5.74) is -0.734. The highest BCUT2D eigenvalue weighted by atomic mass is 19.2. The van der Waals surface area contributed by atoms with Gasteiger partial charge < -0.3 is 9.47 Å². The summed E-state index contributed by atoms with van der Waals surface area (Å²) in [6.45, 7) is 3.27. The van der Waals surface area contributed by atoms with Crippen LogP contribution in [0.1, 0.15) is 13.8 Å². The molecule has 2 nitrogen and oxygen atoms in total. The van der Waals surface area contributed by atoms with Gasteiger partial charge in [0.15, 0.2) is 5.60 Å². The Morgan fingerprint density at radius 2 is 1.88 bits per heavy atom. The van der Waals surface area contributed by atoms with E-state index in [0.717, 1.165) is 0 Å². The molecule has 1 atom stereocenters. The first-order chi connectivity index (χ1) is 3.52. The molecular formula is C5H9FO2. The summed E-state index contributed by atoms with van der Waals surface area (Å²) >= 11 is 0. The summed E-state index contributed by atoms with van der Waals surface area (Å²) in [6.07, 6.45) is 0. The Hall–Kier alpha value is -0.150. The van der Waals surface area contributed by atoms with Crippen LogP contribution in [0.25, 0.3) is 0 Å². The number of hydrogen-bond acceptors (Lipinski definition) is 2. The van der Waals surface area contributed by atoms with E-state index in [-0.39, 0.29) is 0 Å². The van der Waals surface area contributed by atoms with Gasteiger partial charge >= 0.3 is 6.04 Å². The van der Waals surface area contributed by atoms with Crippen molar-refractivity contribution >= 4 is 0 Å². The normalized spacial score (nSPS) is 42.0. The zero-order chi connectivity index (χ0) is 6.41. The van der Waals surface area contributed by atoms with Gasteiger partial charge in [-0.05, 0) is 13.8 Å². The van der Waals surface area contributed by atoms with Crippen LogP contribution in [0.15, 0.2) is 0 Å². The first-order valence-corrected chi connectivity index (χ1v) is 2.46. The third kappa shape index (κ3) is 0.548. The van der Waals surface area contributed by atoms with Crippen LogP contribution in [0.3, 0.4) is 0 Å². The van der Waals surface area contributed by atoms with Crippen molar-refractivity contribution in [1.82, 2.24) is 0 Å². The Morgan fingerprint density at radius 1 is 1.50 bits per heavy atom. The molecule has 1 aliphatic heterocycles. The monoisotopic (exact) mass is 120 g/mol. The smallest absolute Gasteiger partial charge is 0.325 e. The highest BCUT2D eigenvalue weighted by Gasteiger charge is 2.67. The second-order valence-electron chi connectivity index (χ2n) is 2.35. The molecule has 1 heterocycles. The van der Waals surface area contributed by atoms with E-state index < -0.39 is 11.6 Å². The molecule has 1 rings (SSSR count). The van der Waals surface area contributed by atoms with E-state index in [0.29, 0.717) is 0 Å². The maximum Gasteiger partial charge on any atom is 0.350 e. The van der Waals surface area contributed by atoms with Gasteiger partial charge in [-0.15, -0.1) is 0 Å². The van der Waals surface area contributed by atoms with Crippen molar-refractivity contribution < 1.29 is 13.9 Å². The Morgan fingerprint density at radius 3 is 1.88 bits per heavy atom. The average molecular weight is 120 g/mol. The van der Waals surface area contributed by atoms with Crippen LogP contribution in [0.2, 0.25) is 0 Å². The molecule has 1 saturated heterocycles. The number of rotatable bonds is 1. The van der Waals surface area contributed by atoms with E-state index in [1.165, 1.54) is 7.11 Å². The highest BCUT2D eigenvalue weighted by Crippen LogP contribution is 2.48. The lowest BCUT2D eigenvalue weighted by Gasteiger charge is -1.98. The number of halogens is 1. The van der Waals surface area contributed by atoms with Gasteiger partial charge in [0, 0.05) is 7.11 Å². The van der Waals surface area contributed by atoms with E-state index >= 15 is 0 Å². The molecule has 0 amide bonds. The first kappa shape index (κ1) is 5.98. The summed E-state index contributed by atoms with van der Waals surface area (Å²) < 4.78 is 21.5. The third-order valence-electron chi connectivity index (χ3n) is 1.33. The van der Waals surface area contributed by atoms with E-state index in [1.807, 2.05) is 0 Å². The fraction of sp³-hybridized carbons (Fsp3) is 1.00. The largest absolute Gasteiger partial charge is 0.350 e. The summed E-state index contributed by atoms with van der Waals surface area (Å²) in [7, 11) is 1.29. The van der Waals surface area contributed by atoms with Gasteiger partial charge in [-0.3, -0.25) is 0 Å². The van der Waals surface area contributed by atoms with Gasteiger partial charge in [0.2, 0.25) is 0 Å². The van der Waals surface area contributed by atoms with Gasteiger partial charge in [-0.25, -0.2) is 0 Å². The van der Waals surface area contributed by atoms with E-state index in [9.17, 15) is 4.39 Å². The second-order valence-corrected chi connectivity index (χ2v) is 2.35. The van der Waals surface area contributed by atoms with Crippen LogP contribution >= 0.6 is 0 Å². The summed E-state index contributed by atoms with van der Waals surface area (Å²) in [5, 5.41) is 0. The molecule has 3 heteroatoms. The van der Waals surface area contributed by atoms with Gasteiger partial charge in [-0.1, -0.05) is 0 Å². The summed E-state index contributed by atoms with van der Waals surface area (Å²) in [4.78, 5) is 0. The van der Waals surface area contributed by atoms with Crippen LogP contribution in [0, 0.1) is 0 Å². The fourth-order valence-corrected chi connectivity index (χ4v) is 0.590. The zero-order valence-electron chi connectivity index (χ0n) is 5.19. The van der Waals surface area contributed by atoms with Crippen LogP contribution in [-0.4, -0.2) is 18.8 Å². The van der Waals surface area contributed by atoms with E-state index in [1.54, 1.807) is 13.8 Å². The van der Waals surface area contributed by atoms with Crippen molar-refractivity contribution in [3.05, 3.63) is 0 Å². The second kappa shape index (κ2) is 1.22. The van der Waals surface area contributed by atoms with Crippen LogP contribution in [0.4, 0.5) is 4.39 Å². The summed E-state index contributed by atoms with van der Waals surface area (Å²) in [5.74, 6) is 0. The SMILES string of the molecule is COC1(F)OC1(C)C. The zero-order valence-corrected chi connectivity index (χ0v) is 5.19. The third-order valence-corrected chi connectivity index (χ3v) is 1.33. The number of epoxide rings is 1. The minimum Gasteiger partial charge on any atom is -0.325 e. The molecule has 48 valence electrons. The lowest BCUT2D eigenvalue weighted by Crippen LogP contribution is -2.16. The molecule has 0 spiro atoms. The quantitative estimate of drug-likeness (QED) is 0.483. The molecule has 0 aromatic rings. The average Bonchev–Trinajstić information content (AvgIpc) is 2.10. The van der Waals surface area contributed by atoms with Crippen LogP contribution < -0.4 is 0 Å². The predicted molar refractivity (Wildman–Crippen MR) is 26.0 cm³/mol. The van der Waals surface area contributed by atoms with Gasteiger partial charge in [-0.2, -0.15) is 4.39 Å². The molecule has 0 aromatic heterocycles. The molecule has 0 aliphatic carbocycles. The van der Waals surface area contributed by atoms with Crippen LogP contribution in [0.5, 0.6) is 0 Å². The topological polar surface area (TPSA) is 21.8 Å². The van der Waals surface area contributed by atoms with E-state index in [4.69, 9.17) is 0 Å². The predicted octanol–water partition coefficient (Wildman–Crippen LogP) is 1.06. The van der Waals surface area contributed by atoms with Gasteiger partial charge in [0.25, 0.3) is 0 Å². The van der Waals surface area contributed by atoms with Gasteiger partial charge in [0.1, 0.15) is 0 Å². The molecule has 0 saturated carbocycles. The minimum atomic E-state index is -1.81. The van der Waals surface area contributed by atoms with Crippen molar-refractivity contribution in [3.63, 3.8) is 0 Å². The van der Waals surface area contributed by atoms with Crippen molar-refractivity contribution in [1.29, 1.82) is 0 Å². The Kier molecular flexibility index (Phi) is 0.913. The molecule has 0 radical (unpaired) electrons. The van der Waals surface area contributed by atoms with Gasteiger partial charge in [0.05, 0.1) is 0 Å². The fourth-order valence-electron chi connectivity index (χ4n) is 0.590. The molecule has 0 aromatic carbocycles. The molecular weight excluding hydrogens is 111 g/mol. The minimum absolute atomic E-state index is 0.734. The Labute approximate surface area is 47.6 Å². The maximum atomic E-state index is 12.6. The van der Waals surface area contributed by atoms with Crippen molar-refractivity contribution in [3.8, 4) is 0 Å². The maximum absolute atomic E-state index is 12.6. The number of hydrogen-bond donors (Lipinski definition) is 0. The summed E-state index contributed by atoms with van der Waals surface area (Å²) in [6, 6.07) is -1.81. The molecule has 1 unspecified atom stereocenters. The molecule has 0 bridgehead atoms. The standard InChI is InChI=1S/C5H9FO2/c1-4(2)5(6,7-3)8-4/h1-3H3. The molecule has 8 heavy (non-hydrogen) atoms. The number of methoxy groups -OCH3 is 1. The molecule has 0 N–H and O–H groups in total. The first-order valence-electron chi connectivity index (χ1n) is 2.46. The van der Waals surface area contributed by atoms with Crippen molar-refractivity contribution in [2.45, 2.75) is 25.5 Å². The van der Waals surface area contributed by atoms with E-state index in [2.05, 4.69) is 9.47 Å². The Balaban J connectivity index is 2.55. The highest BCUT2D eigenvalue weighted by molar-refractivity contribution is 4.95. The number of alkyl halides is 1. The number of ether oxygens (including phenoxy) is 2. The van der Waals surface area contributed by atoms with Crippen molar-refractivity contribution in [2.24, 2.45) is 0 Å². The lowest BCUT2D eigenvalue weighted by atomic mass is 10.2. The Bertz CT molecular complexity index is 113.